The Labute approximate surface area is 255 Å². The van der Waals surface area contributed by atoms with Crippen molar-refractivity contribution in [1.82, 2.24) is 16.0 Å². The van der Waals surface area contributed by atoms with Crippen molar-refractivity contribution in [2.24, 2.45) is 5.92 Å². The molecule has 2 rings (SSSR count). The van der Waals surface area contributed by atoms with Crippen LogP contribution in [0.25, 0.3) is 0 Å². The number of hydrogen-bond donors (Lipinski definition) is 3. The van der Waals surface area contributed by atoms with E-state index in [9.17, 15) is 22.8 Å². The van der Waals surface area contributed by atoms with Gasteiger partial charge in [-0.3, -0.25) is 9.59 Å². The van der Waals surface area contributed by atoms with Crippen LogP contribution in [0.3, 0.4) is 0 Å². The molecule has 236 valence electrons. The summed E-state index contributed by atoms with van der Waals surface area (Å²) in [5, 5.41) is 9.43. The molecule has 0 spiro atoms. The van der Waals surface area contributed by atoms with Crippen molar-refractivity contribution in [1.29, 1.82) is 0 Å². The van der Waals surface area contributed by atoms with Crippen LogP contribution in [-0.4, -0.2) is 63.4 Å². The summed E-state index contributed by atoms with van der Waals surface area (Å²) in [5.74, 6) is -0.264. The molecule has 0 bridgehead atoms. The Bertz CT molecular complexity index is 1340. The first-order valence-electron chi connectivity index (χ1n) is 14.2. The van der Waals surface area contributed by atoms with Gasteiger partial charge in [-0.05, 0) is 56.4 Å². The molecule has 0 fully saturated rings. The number of sulfone groups is 1. The van der Waals surface area contributed by atoms with E-state index in [0.717, 1.165) is 22.8 Å². The lowest BCUT2D eigenvalue weighted by molar-refractivity contribution is -0.130. The lowest BCUT2D eigenvalue weighted by Crippen LogP contribution is -2.56. The average Bonchev–Trinajstić information content (AvgIpc) is 2.90. The molecule has 10 nitrogen and oxygen atoms in total. The van der Waals surface area contributed by atoms with Crippen LogP contribution in [0.5, 0.6) is 5.75 Å². The molecule has 0 radical (unpaired) electrons. The highest BCUT2D eigenvalue weighted by molar-refractivity contribution is 7.93. The second-order valence-corrected chi connectivity index (χ2v) is 13.8. The van der Waals surface area contributed by atoms with Gasteiger partial charge in [0.1, 0.15) is 23.4 Å². The monoisotopic (exact) mass is 615 g/mol. The lowest BCUT2D eigenvalue weighted by Gasteiger charge is -2.26. The number of rotatable bonds is 14. The zero-order valence-corrected chi connectivity index (χ0v) is 26.9. The molecule has 3 N–H and O–H groups in total. The van der Waals surface area contributed by atoms with Crippen molar-refractivity contribution in [2.45, 2.75) is 77.6 Å². The Hall–Kier alpha value is -3.86. The number of ether oxygens (including phenoxy) is 2. The first kappa shape index (κ1) is 35.3. The topological polar surface area (TPSA) is 140 Å². The van der Waals surface area contributed by atoms with E-state index in [1.54, 1.807) is 52.1 Å². The van der Waals surface area contributed by atoms with E-state index in [0.29, 0.717) is 12.2 Å². The van der Waals surface area contributed by atoms with Crippen LogP contribution >= 0.6 is 0 Å². The number of methoxy groups -OCH3 is 1. The number of hydrogen-bond acceptors (Lipinski definition) is 7. The normalized spacial score (nSPS) is 14.0. The Morgan fingerprint density at radius 2 is 1.37 bits per heavy atom. The van der Waals surface area contributed by atoms with Gasteiger partial charge in [0, 0.05) is 30.5 Å². The van der Waals surface area contributed by atoms with Crippen molar-refractivity contribution >= 4 is 27.7 Å². The Kier molecular flexibility index (Phi) is 13.2. The zero-order chi connectivity index (χ0) is 32.2. The average molecular weight is 616 g/mol. The minimum absolute atomic E-state index is 0.127. The maximum atomic E-state index is 13.7. The number of amides is 3. The number of carbonyl (C=O) groups is 3. The van der Waals surface area contributed by atoms with E-state index >= 15 is 0 Å². The third-order valence-corrected chi connectivity index (χ3v) is 6.78. The maximum Gasteiger partial charge on any atom is 0.408 e. The molecule has 3 amide bonds. The fourth-order valence-electron chi connectivity index (χ4n) is 4.20. The van der Waals surface area contributed by atoms with Gasteiger partial charge in [0.15, 0.2) is 9.84 Å². The second-order valence-electron chi connectivity index (χ2n) is 11.9. The van der Waals surface area contributed by atoms with E-state index in [1.165, 1.54) is 6.08 Å². The Morgan fingerprint density at radius 1 is 0.837 bits per heavy atom. The van der Waals surface area contributed by atoms with Crippen LogP contribution in [0.15, 0.2) is 66.1 Å². The Balaban J connectivity index is 2.36. The largest absolute Gasteiger partial charge is 0.497 e. The van der Waals surface area contributed by atoms with Gasteiger partial charge in [-0.2, -0.15) is 0 Å². The molecule has 0 aliphatic rings. The number of benzene rings is 2. The predicted molar refractivity (Wildman–Crippen MR) is 167 cm³/mol. The fraction of sp³-hybridized carbons (Fsp3) is 0.469. The molecule has 11 heteroatoms. The lowest BCUT2D eigenvalue weighted by atomic mass is 10.0. The minimum Gasteiger partial charge on any atom is -0.497 e. The summed E-state index contributed by atoms with van der Waals surface area (Å²) < 4.78 is 34.1. The summed E-state index contributed by atoms with van der Waals surface area (Å²) in [4.78, 5) is 40.1. The third kappa shape index (κ3) is 14.2. The molecule has 3 atom stereocenters. The van der Waals surface area contributed by atoms with E-state index in [4.69, 9.17) is 9.47 Å². The van der Waals surface area contributed by atoms with Crippen LogP contribution in [0.4, 0.5) is 4.79 Å². The van der Waals surface area contributed by atoms with Gasteiger partial charge in [0.25, 0.3) is 0 Å². The molecule has 0 saturated heterocycles. The highest BCUT2D eigenvalue weighted by Gasteiger charge is 2.30. The summed E-state index contributed by atoms with van der Waals surface area (Å²) in [7, 11) is -1.86. The summed E-state index contributed by atoms with van der Waals surface area (Å²) in [6, 6.07) is 13.6. The molecular weight excluding hydrogens is 570 g/mol. The summed E-state index contributed by atoms with van der Waals surface area (Å²) in [5.41, 5.74) is 0.775. The summed E-state index contributed by atoms with van der Waals surface area (Å²) in [6.45, 7) is 9.08. The molecule has 0 saturated carbocycles. The van der Waals surface area contributed by atoms with Gasteiger partial charge in [-0.1, -0.05) is 62.4 Å². The first-order chi connectivity index (χ1) is 20.0. The SMILES string of the molecule is COc1ccc(C[C@H](NC(=O)OC(C)(C)C)C(=O)N[C@@H](Cc2ccccc2)C(=O)N[C@H](/C=C/S(C)(=O)=O)CC(C)C)cc1. The highest BCUT2D eigenvalue weighted by atomic mass is 32.2. The molecular formula is C32H45N3O7S. The number of nitrogens with one attached hydrogen (secondary N) is 3. The van der Waals surface area contributed by atoms with Gasteiger partial charge in [-0.25, -0.2) is 13.2 Å². The Morgan fingerprint density at radius 3 is 1.88 bits per heavy atom. The predicted octanol–water partition coefficient (Wildman–Crippen LogP) is 3.95. The van der Waals surface area contributed by atoms with Crippen molar-refractivity contribution in [3.8, 4) is 5.75 Å². The van der Waals surface area contributed by atoms with E-state index in [1.807, 2.05) is 44.2 Å². The number of carbonyl (C=O) groups excluding carboxylic acids is 3. The summed E-state index contributed by atoms with van der Waals surface area (Å²) in [6.07, 6.45) is 2.55. The van der Waals surface area contributed by atoms with Crippen LogP contribution in [-0.2, 0) is 37.0 Å². The van der Waals surface area contributed by atoms with Crippen LogP contribution < -0.4 is 20.7 Å². The molecule has 43 heavy (non-hydrogen) atoms. The van der Waals surface area contributed by atoms with Gasteiger partial charge in [0.05, 0.1) is 7.11 Å². The van der Waals surface area contributed by atoms with Crippen molar-refractivity contribution in [3.05, 3.63) is 77.2 Å². The van der Waals surface area contributed by atoms with Crippen LogP contribution in [0.2, 0.25) is 0 Å². The van der Waals surface area contributed by atoms with Gasteiger partial charge in [0.2, 0.25) is 11.8 Å². The smallest absolute Gasteiger partial charge is 0.408 e. The van der Waals surface area contributed by atoms with E-state index in [2.05, 4.69) is 16.0 Å². The standard InChI is InChI=1S/C32H45N3O7S/c1-22(2)19-25(17-18-43(7,39)40)33-29(36)27(20-23-11-9-8-10-12-23)34-30(37)28(35-31(38)42-32(3,4)5)21-24-13-15-26(41-6)16-14-24/h8-18,22,25,27-28H,19-21H2,1-7H3,(H,33,36)(H,34,37)(H,35,38)/b18-17+/t25-,27+,28+/m1/s1. The quantitative estimate of drug-likeness (QED) is 0.292. The molecule has 0 aliphatic carbocycles. The van der Waals surface area contributed by atoms with Crippen LogP contribution in [0.1, 0.15) is 52.2 Å². The fourth-order valence-corrected chi connectivity index (χ4v) is 4.68. The minimum atomic E-state index is -3.41. The van der Waals surface area contributed by atoms with E-state index < -0.39 is 51.5 Å². The van der Waals surface area contributed by atoms with E-state index in [-0.39, 0.29) is 18.8 Å². The molecule has 0 aliphatic heterocycles. The zero-order valence-electron chi connectivity index (χ0n) is 26.0. The van der Waals surface area contributed by atoms with Crippen molar-refractivity contribution in [2.75, 3.05) is 13.4 Å². The number of alkyl carbamates (subject to hydrolysis) is 1. The highest BCUT2D eigenvalue weighted by Crippen LogP contribution is 2.15. The molecule has 2 aromatic rings. The van der Waals surface area contributed by atoms with Crippen molar-refractivity contribution < 1.29 is 32.3 Å². The van der Waals surface area contributed by atoms with Gasteiger partial charge in [-0.15, -0.1) is 0 Å². The van der Waals surface area contributed by atoms with Gasteiger partial charge >= 0.3 is 6.09 Å². The maximum absolute atomic E-state index is 13.7. The van der Waals surface area contributed by atoms with Gasteiger partial charge < -0.3 is 25.4 Å². The molecule has 0 aromatic heterocycles. The van der Waals surface area contributed by atoms with Crippen molar-refractivity contribution in [3.63, 3.8) is 0 Å². The second kappa shape index (κ2) is 16.1. The molecule has 0 unspecified atom stereocenters. The summed E-state index contributed by atoms with van der Waals surface area (Å²) >= 11 is 0. The molecule has 2 aromatic carbocycles. The third-order valence-electron chi connectivity index (χ3n) is 6.13. The first-order valence-corrected chi connectivity index (χ1v) is 16.2. The van der Waals surface area contributed by atoms with Crippen LogP contribution in [0, 0.1) is 5.92 Å². The molecule has 0 heterocycles.